The molecule has 11 rings (SSSR count). The van der Waals surface area contributed by atoms with Gasteiger partial charge in [-0.1, -0.05) is 212 Å². The van der Waals surface area contributed by atoms with E-state index in [2.05, 4.69) is 299 Å². The number of ether oxygens (including phenoxy) is 1. The molecule has 5 heteroatoms. The van der Waals surface area contributed by atoms with E-state index in [0.717, 1.165) is 45.3 Å². The van der Waals surface area contributed by atoms with Crippen LogP contribution in [0, 0.1) is 0 Å². The molecule has 5 nitrogen and oxygen atoms in total. The molecule has 0 saturated heterocycles. The minimum absolute atomic E-state index is 0.0664. The molecule has 0 atom stereocenters. The molecule has 8 aromatic carbocycles. The Morgan fingerprint density at radius 2 is 0.987 bits per heavy atom. The molecule has 0 bridgehead atoms. The molecule has 0 radical (unpaired) electrons. The summed E-state index contributed by atoms with van der Waals surface area (Å²) in [6.45, 7) is 33.1. The Hall–Kier alpha value is -7.89. The number of para-hydroxylation sites is 3. The Morgan fingerprint density at radius 3 is 1.59 bits per heavy atom. The highest BCUT2D eigenvalue weighted by Crippen LogP contribution is 2.50. The number of anilines is 4. The van der Waals surface area contributed by atoms with Gasteiger partial charge in [0.05, 0.1) is 22.4 Å². The van der Waals surface area contributed by atoms with Gasteiger partial charge in [0.15, 0.2) is 0 Å². The van der Waals surface area contributed by atoms with Crippen LogP contribution < -0.4 is 14.5 Å². The summed E-state index contributed by atoms with van der Waals surface area (Å²) in [6.07, 6.45) is 1.96. The lowest BCUT2D eigenvalue weighted by molar-refractivity contribution is 0.481. The first-order valence-corrected chi connectivity index (χ1v) is 28.5. The number of hydrogen-bond acceptors (Lipinski definition) is 4. The molecule has 79 heavy (non-hydrogen) atoms. The SMILES string of the molecule is CC(C)c1cccc(C(C)C)c1-c1cc(Oc2cc(C(C)(C)c3ccccc3)c3c4ccccc4n(-c4cc(C(C)(C)C)ccn4)c3c2)cc(N2CN(c3cc(C(C)(C)C)cc(C(C)(C)c4ccccc4)c3)c3ccccc32)c1. The molecule has 10 aromatic rings. The quantitative estimate of drug-likeness (QED) is 0.122. The second kappa shape index (κ2) is 20.1. The smallest absolute Gasteiger partial charge is 0.137 e. The van der Waals surface area contributed by atoms with Crippen LogP contribution in [0.5, 0.6) is 11.5 Å². The van der Waals surface area contributed by atoms with Crippen molar-refractivity contribution < 1.29 is 4.74 Å². The number of rotatable bonds is 12. The van der Waals surface area contributed by atoms with Crippen LogP contribution in [-0.2, 0) is 21.7 Å². The molecule has 0 saturated carbocycles. The van der Waals surface area contributed by atoms with Gasteiger partial charge in [0.1, 0.15) is 24.0 Å². The summed E-state index contributed by atoms with van der Waals surface area (Å²) < 4.78 is 9.91. The zero-order valence-electron chi connectivity index (χ0n) is 49.0. The van der Waals surface area contributed by atoms with Crippen LogP contribution in [0.1, 0.15) is 153 Å². The maximum Gasteiger partial charge on any atom is 0.137 e. The predicted octanol–water partition coefficient (Wildman–Crippen LogP) is 20.4. The molecule has 0 aliphatic carbocycles. The van der Waals surface area contributed by atoms with Gasteiger partial charge in [-0.3, -0.25) is 4.57 Å². The summed E-state index contributed by atoms with van der Waals surface area (Å²) in [4.78, 5) is 10.1. The maximum atomic E-state index is 7.56. The van der Waals surface area contributed by atoms with Crippen molar-refractivity contribution >= 4 is 44.6 Å². The number of pyridine rings is 1. The fourth-order valence-corrected chi connectivity index (χ4v) is 12.1. The largest absolute Gasteiger partial charge is 0.457 e. The molecule has 0 N–H and O–H groups in total. The van der Waals surface area contributed by atoms with Crippen molar-refractivity contribution in [3.63, 3.8) is 0 Å². The third-order valence-electron chi connectivity index (χ3n) is 16.9. The van der Waals surface area contributed by atoms with Gasteiger partial charge >= 0.3 is 0 Å². The number of nitrogens with zero attached hydrogens (tertiary/aromatic N) is 4. The Kier molecular flexibility index (Phi) is 13.5. The summed E-state index contributed by atoms with van der Waals surface area (Å²) in [5.41, 5.74) is 18.6. The van der Waals surface area contributed by atoms with E-state index in [4.69, 9.17) is 9.72 Å². The maximum absolute atomic E-state index is 7.56. The van der Waals surface area contributed by atoms with Crippen LogP contribution in [0.4, 0.5) is 22.7 Å². The van der Waals surface area contributed by atoms with Crippen LogP contribution in [0.2, 0.25) is 0 Å². The van der Waals surface area contributed by atoms with Crippen LogP contribution in [0.15, 0.2) is 194 Å². The van der Waals surface area contributed by atoms with E-state index in [9.17, 15) is 0 Å². The first kappa shape index (κ1) is 53.1. The third kappa shape index (κ3) is 9.81. The molecule has 0 spiro atoms. The molecule has 400 valence electrons. The lowest BCUT2D eigenvalue weighted by Gasteiger charge is -2.32. The Balaban J connectivity index is 1.13. The number of fused-ring (bicyclic) bond motifs is 4. The summed E-state index contributed by atoms with van der Waals surface area (Å²) in [5.74, 6) is 3.02. The summed E-state index contributed by atoms with van der Waals surface area (Å²) in [6, 6.07) is 69.6. The normalized spacial score (nSPS) is 13.3. The van der Waals surface area contributed by atoms with Crippen molar-refractivity contribution in [2.45, 2.75) is 130 Å². The first-order chi connectivity index (χ1) is 37.6. The fourth-order valence-electron chi connectivity index (χ4n) is 12.1. The zero-order valence-corrected chi connectivity index (χ0v) is 49.0. The molecule has 0 unspecified atom stereocenters. The Bertz CT molecular complexity index is 3860. The van der Waals surface area contributed by atoms with Crippen molar-refractivity contribution in [2.75, 3.05) is 16.5 Å². The summed E-state index contributed by atoms with van der Waals surface area (Å²) in [7, 11) is 0. The minimum atomic E-state index is -0.410. The van der Waals surface area contributed by atoms with E-state index in [0.29, 0.717) is 18.5 Å². The van der Waals surface area contributed by atoms with E-state index in [1.165, 1.54) is 72.2 Å². The average molecular weight is 1040 g/mol. The lowest BCUT2D eigenvalue weighted by Crippen LogP contribution is -2.26. The Morgan fingerprint density at radius 1 is 0.443 bits per heavy atom. The second-order valence-corrected chi connectivity index (χ2v) is 25.8. The first-order valence-electron chi connectivity index (χ1n) is 28.5. The van der Waals surface area contributed by atoms with Crippen LogP contribution >= 0.6 is 0 Å². The molecule has 1 aliphatic heterocycles. The van der Waals surface area contributed by atoms with Crippen LogP contribution in [0.25, 0.3) is 38.8 Å². The van der Waals surface area contributed by atoms with Crippen molar-refractivity contribution in [1.82, 2.24) is 9.55 Å². The number of benzene rings is 8. The van der Waals surface area contributed by atoms with Gasteiger partial charge in [0.25, 0.3) is 0 Å². The monoisotopic (exact) mass is 1040 g/mol. The van der Waals surface area contributed by atoms with Crippen molar-refractivity contribution in [2.24, 2.45) is 0 Å². The van der Waals surface area contributed by atoms with Gasteiger partial charge in [0, 0.05) is 51.3 Å². The van der Waals surface area contributed by atoms with Gasteiger partial charge in [-0.05, 0) is 139 Å². The standard InChI is InChI=1S/C74H78N4O/c1-48(2)60-31-25-32-61(49(3)4)69(60)50-38-56(76-47-77(66-35-24-23-34-65(66)76)57-41-54(72(8,9)10)40-55(42-57)73(11,12)51-26-17-15-18-27-51)44-58(39-50)79-59-45-63(74(13,14)52-28-19-16-20-29-52)70-62-30-21-22-33-64(62)78(67(70)46-59)68-43-53(36-37-75-68)71(5,6)7/h15-46,48-49H,47H2,1-14H3. The van der Waals surface area contributed by atoms with Gasteiger partial charge in [-0.25, -0.2) is 4.98 Å². The van der Waals surface area contributed by atoms with E-state index >= 15 is 0 Å². The topological polar surface area (TPSA) is 33.5 Å². The lowest BCUT2D eigenvalue weighted by atomic mass is 9.75. The van der Waals surface area contributed by atoms with E-state index in [1.807, 2.05) is 6.20 Å². The molecular weight excluding hydrogens is 961 g/mol. The second-order valence-electron chi connectivity index (χ2n) is 25.8. The zero-order chi connectivity index (χ0) is 55.8. The van der Waals surface area contributed by atoms with Crippen molar-refractivity contribution in [3.05, 3.63) is 239 Å². The van der Waals surface area contributed by atoms with Gasteiger partial charge in [-0.2, -0.15) is 0 Å². The van der Waals surface area contributed by atoms with E-state index in [1.54, 1.807) is 0 Å². The average Bonchev–Trinajstić information content (AvgIpc) is 4.05. The molecule has 0 fully saturated rings. The number of aromatic nitrogens is 2. The third-order valence-corrected chi connectivity index (χ3v) is 16.9. The molecular formula is C74H78N4O. The molecule has 3 heterocycles. The van der Waals surface area contributed by atoms with Crippen molar-refractivity contribution in [1.29, 1.82) is 0 Å². The highest BCUT2D eigenvalue weighted by Gasteiger charge is 2.34. The van der Waals surface area contributed by atoms with Crippen molar-refractivity contribution in [3.8, 4) is 28.4 Å². The summed E-state index contributed by atoms with van der Waals surface area (Å²) >= 11 is 0. The highest BCUT2D eigenvalue weighted by atomic mass is 16.5. The highest BCUT2D eigenvalue weighted by molar-refractivity contribution is 6.12. The Labute approximate surface area is 470 Å². The van der Waals surface area contributed by atoms with Gasteiger partial charge in [0.2, 0.25) is 0 Å². The molecule has 1 aliphatic rings. The molecule has 0 amide bonds. The van der Waals surface area contributed by atoms with E-state index < -0.39 is 5.41 Å². The van der Waals surface area contributed by atoms with E-state index in [-0.39, 0.29) is 16.2 Å². The predicted molar refractivity (Wildman–Crippen MR) is 335 cm³/mol. The van der Waals surface area contributed by atoms with Crippen LogP contribution in [0.3, 0.4) is 0 Å². The van der Waals surface area contributed by atoms with Crippen LogP contribution in [-0.4, -0.2) is 16.2 Å². The van der Waals surface area contributed by atoms with Gasteiger partial charge < -0.3 is 14.5 Å². The summed E-state index contributed by atoms with van der Waals surface area (Å²) in [5, 5.41) is 2.38. The number of hydrogen-bond donors (Lipinski definition) is 0. The van der Waals surface area contributed by atoms with Gasteiger partial charge in [-0.15, -0.1) is 0 Å². The minimum Gasteiger partial charge on any atom is -0.457 e. The fraction of sp³-hybridized carbons (Fsp3) is 0.284. The molecule has 2 aromatic heterocycles.